The van der Waals surface area contributed by atoms with Crippen molar-refractivity contribution in [2.24, 2.45) is 0 Å². The van der Waals surface area contributed by atoms with Gasteiger partial charge in [0, 0.05) is 5.56 Å². The van der Waals surface area contributed by atoms with Gasteiger partial charge in [0.25, 0.3) is 0 Å². The van der Waals surface area contributed by atoms with Gasteiger partial charge in [0.2, 0.25) is 0 Å². The zero-order valence-electron chi connectivity index (χ0n) is 9.74. The summed E-state index contributed by atoms with van der Waals surface area (Å²) in [5, 5.41) is 0. The van der Waals surface area contributed by atoms with Crippen LogP contribution in [0.15, 0.2) is 24.3 Å². The lowest BCUT2D eigenvalue weighted by Gasteiger charge is -2.29. The quantitative estimate of drug-likeness (QED) is 0.722. The monoisotopic (exact) mass is 218 g/mol. The molecule has 1 saturated carbocycles. The SMILES string of the molecule is CCC1(Oc2cccc(C=O)c2)CCCC1. The molecule has 0 atom stereocenters. The summed E-state index contributed by atoms with van der Waals surface area (Å²) in [5.74, 6) is 0.827. The maximum atomic E-state index is 10.7. The van der Waals surface area contributed by atoms with E-state index < -0.39 is 0 Å². The molecule has 0 aromatic heterocycles. The Balaban J connectivity index is 2.15. The Labute approximate surface area is 96.6 Å². The van der Waals surface area contributed by atoms with Crippen LogP contribution in [0.1, 0.15) is 49.4 Å². The Kier molecular flexibility index (Phi) is 3.28. The summed E-state index contributed by atoms with van der Waals surface area (Å²) in [5.41, 5.74) is 0.698. The van der Waals surface area contributed by atoms with Crippen LogP contribution < -0.4 is 4.74 Å². The second kappa shape index (κ2) is 4.69. The minimum absolute atomic E-state index is 0.0154. The van der Waals surface area contributed by atoms with Crippen LogP contribution in [-0.2, 0) is 0 Å². The van der Waals surface area contributed by atoms with Crippen LogP contribution in [0, 0.1) is 0 Å². The third-order valence-electron chi connectivity index (χ3n) is 3.49. The first kappa shape index (κ1) is 11.2. The van der Waals surface area contributed by atoms with E-state index in [4.69, 9.17) is 4.74 Å². The standard InChI is InChI=1S/C14H18O2/c1-2-14(8-3-4-9-14)16-13-7-5-6-12(10-13)11-15/h5-7,10-11H,2-4,8-9H2,1H3. The zero-order chi connectivity index (χ0) is 11.4. The molecule has 0 aliphatic heterocycles. The summed E-state index contributed by atoms with van der Waals surface area (Å²) >= 11 is 0. The van der Waals surface area contributed by atoms with Crippen molar-refractivity contribution in [3.8, 4) is 5.75 Å². The summed E-state index contributed by atoms with van der Waals surface area (Å²) in [7, 11) is 0. The van der Waals surface area contributed by atoms with Crippen LogP contribution >= 0.6 is 0 Å². The number of hydrogen-bond acceptors (Lipinski definition) is 2. The first-order valence-corrected chi connectivity index (χ1v) is 6.02. The molecule has 0 N–H and O–H groups in total. The van der Waals surface area contributed by atoms with Gasteiger partial charge in [-0.1, -0.05) is 19.1 Å². The van der Waals surface area contributed by atoms with Gasteiger partial charge < -0.3 is 4.74 Å². The van der Waals surface area contributed by atoms with E-state index in [1.807, 2.05) is 18.2 Å². The number of ether oxygens (including phenoxy) is 1. The molecule has 0 spiro atoms. The Morgan fingerprint density at radius 1 is 1.38 bits per heavy atom. The molecular formula is C14H18O2. The predicted molar refractivity (Wildman–Crippen MR) is 63.9 cm³/mol. The Morgan fingerprint density at radius 2 is 2.12 bits per heavy atom. The van der Waals surface area contributed by atoms with Gasteiger partial charge in [0.05, 0.1) is 0 Å². The summed E-state index contributed by atoms with van der Waals surface area (Å²) < 4.78 is 6.10. The van der Waals surface area contributed by atoms with Crippen molar-refractivity contribution in [3.63, 3.8) is 0 Å². The van der Waals surface area contributed by atoms with Crippen molar-refractivity contribution < 1.29 is 9.53 Å². The molecule has 1 aliphatic carbocycles. The molecule has 0 bridgehead atoms. The molecule has 0 amide bonds. The summed E-state index contributed by atoms with van der Waals surface area (Å²) in [6, 6.07) is 7.43. The molecule has 0 radical (unpaired) electrons. The Bertz CT molecular complexity index is 365. The molecule has 86 valence electrons. The molecule has 2 nitrogen and oxygen atoms in total. The van der Waals surface area contributed by atoms with Crippen molar-refractivity contribution in [1.29, 1.82) is 0 Å². The molecule has 2 heteroatoms. The minimum atomic E-state index is 0.0154. The van der Waals surface area contributed by atoms with Gasteiger partial charge in [0.1, 0.15) is 17.6 Å². The third kappa shape index (κ3) is 2.26. The van der Waals surface area contributed by atoms with Gasteiger partial charge in [-0.3, -0.25) is 4.79 Å². The maximum absolute atomic E-state index is 10.7. The second-order valence-electron chi connectivity index (χ2n) is 4.54. The highest BCUT2D eigenvalue weighted by Gasteiger charge is 2.34. The van der Waals surface area contributed by atoms with E-state index in [1.54, 1.807) is 6.07 Å². The van der Waals surface area contributed by atoms with Crippen LogP contribution in [-0.4, -0.2) is 11.9 Å². The highest BCUT2D eigenvalue weighted by molar-refractivity contribution is 5.75. The van der Waals surface area contributed by atoms with Crippen molar-refractivity contribution in [3.05, 3.63) is 29.8 Å². The Morgan fingerprint density at radius 3 is 2.75 bits per heavy atom. The van der Waals surface area contributed by atoms with E-state index in [2.05, 4.69) is 6.92 Å². The van der Waals surface area contributed by atoms with Gasteiger partial charge in [-0.05, 0) is 44.2 Å². The predicted octanol–water partition coefficient (Wildman–Crippen LogP) is 3.60. The summed E-state index contributed by atoms with van der Waals surface area (Å²) in [4.78, 5) is 10.7. The maximum Gasteiger partial charge on any atom is 0.150 e. The van der Waals surface area contributed by atoms with E-state index in [-0.39, 0.29) is 5.60 Å². The lowest BCUT2D eigenvalue weighted by atomic mass is 9.98. The first-order chi connectivity index (χ1) is 7.78. The van der Waals surface area contributed by atoms with E-state index in [0.717, 1.165) is 31.3 Å². The number of rotatable bonds is 4. The van der Waals surface area contributed by atoms with Gasteiger partial charge in [0.15, 0.2) is 0 Å². The lowest BCUT2D eigenvalue weighted by molar-refractivity contribution is 0.0719. The largest absolute Gasteiger partial charge is 0.487 e. The fraction of sp³-hybridized carbons (Fsp3) is 0.500. The molecule has 0 unspecified atom stereocenters. The normalized spacial score (nSPS) is 18.3. The van der Waals surface area contributed by atoms with Crippen LogP contribution in [0.4, 0.5) is 0 Å². The van der Waals surface area contributed by atoms with E-state index in [1.165, 1.54) is 12.8 Å². The van der Waals surface area contributed by atoms with E-state index in [9.17, 15) is 4.79 Å². The fourth-order valence-electron chi connectivity index (χ4n) is 2.45. The lowest BCUT2D eigenvalue weighted by Crippen LogP contribution is -2.31. The molecule has 1 aliphatic rings. The first-order valence-electron chi connectivity index (χ1n) is 6.02. The summed E-state index contributed by atoms with van der Waals surface area (Å²) in [6.45, 7) is 2.18. The molecule has 16 heavy (non-hydrogen) atoms. The highest BCUT2D eigenvalue weighted by Crippen LogP contribution is 2.36. The number of benzene rings is 1. The van der Waals surface area contributed by atoms with Crippen molar-refractivity contribution in [1.82, 2.24) is 0 Å². The number of carbonyl (C=O) groups excluding carboxylic acids is 1. The minimum Gasteiger partial charge on any atom is -0.487 e. The van der Waals surface area contributed by atoms with Gasteiger partial charge >= 0.3 is 0 Å². The highest BCUT2D eigenvalue weighted by atomic mass is 16.5. The molecule has 1 aromatic rings. The second-order valence-corrected chi connectivity index (χ2v) is 4.54. The molecule has 1 aromatic carbocycles. The van der Waals surface area contributed by atoms with Gasteiger partial charge in [-0.2, -0.15) is 0 Å². The van der Waals surface area contributed by atoms with Crippen LogP contribution in [0.5, 0.6) is 5.75 Å². The molecule has 0 heterocycles. The third-order valence-corrected chi connectivity index (χ3v) is 3.49. The van der Waals surface area contributed by atoms with Crippen molar-refractivity contribution >= 4 is 6.29 Å². The van der Waals surface area contributed by atoms with Gasteiger partial charge in [-0.25, -0.2) is 0 Å². The van der Waals surface area contributed by atoms with E-state index >= 15 is 0 Å². The molecule has 0 saturated heterocycles. The topological polar surface area (TPSA) is 26.3 Å². The number of aldehydes is 1. The summed E-state index contributed by atoms with van der Waals surface area (Å²) in [6.07, 6.45) is 6.67. The molecule has 1 fully saturated rings. The molecular weight excluding hydrogens is 200 g/mol. The number of carbonyl (C=O) groups is 1. The van der Waals surface area contributed by atoms with Crippen LogP contribution in [0.2, 0.25) is 0 Å². The van der Waals surface area contributed by atoms with Gasteiger partial charge in [-0.15, -0.1) is 0 Å². The Hall–Kier alpha value is -1.31. The average molecular weight is 218 g/mol. The van der Waals surface area contributed by atoms with Crippen LogP contribution in [0.3, 0.4) is 0 Å². The van der Waals surface area contributed by atoms with E-state index in [0.29, 0.717) is 5.56 Å². The zero-order valence-corrected chi connectivity index (χ0v) is 9.74. The number of hydrogen-bond donors (Lipinski definition) is 0. The smallest absolute Gasteiger partial charge is 0.150 e. The van der Waals surface area contributed by atoms with Crippen LogP contribution in [0.25, 0.3) is 0 Å². The fourth-order valence-corrected chi connectivity index (χ4v) is 2.45. The van der Waals surface area contributed by atoms with Crippen molar-refractivity contribution in [2.75, 3.05) is 0 Å². The average Bonchev–Trinajstić information content (AvgIpc) is 2.78. The molecule has 2 rings (SSSR count). The van der Waals surface area contributed by atoms with Crippen molar-refractivity contribution in [2.45, 2.75) is 44.6 Å².